The van der Waals surface area contributed by atoms with Gasteiger partial charge in [-0.1, -0.05) is 12.1 Å². The van der Waals surface area contributed by atoms with Gasteiger partial charge in [0.2, 0.25) is 0 Å². The lowest BCUT2D eigenvalue weighted by molar-refractivity contribution is 0.409. The second kappa shape index (κ2) is 5.30. The summed E-state index contributed by atoms with van der Waals surface area (Å²) in [6.07, 6.45) is 2.85. The van der Waals surface area contributed by atoms with Crippen LogP contribution in [0.1, 0.15) is 11.1 Å². The van der Waals surface area contributed by atoms with Gasteiger partial charge < -0.3 is 4.74 Å². The molecule has 108 valence electrons. The van der Waals surface area contributed by atoms with Gasteiger partial charge in [-0.25, -0.2) is 19.3 Å². The Morgan fingerprint density at radius 1 is 1.27 bits per heavy atom. The van der Waals surface area contributed by atoms with Crippen LogP contribution in [-0.2, 0) is 0 Å². The van der Waals surface area contributed by atoms with Gasteiger partial charge in [-0.3, -0.25) is 0 Å². The number of ether oxygens (including phenoxy) is 1. The number of benzene rings is 1. The SMILES string of the molecule is COc1c(C)cccc1-n1c(=O)ncc2cc(C#N)cnc21. The fraction of sp³-hybridized carbons (Fsp3) is 0.125. The molecule has 0 saturated carbocycles. The third-order valence-corrected chi connectivity index (χ3v) is 3.38. The lowest BCUT2D eigenvalue weighted by atomic mass is 10.2. The predicted octanol–water partition coefficient (Wildman–Crippen LogP) is 1.97. The molecule has 2 heterocycles. The zero-order chi connectivity index (χ0) is 15.7. The number of hydrogen-bond donors (Lipinski definition) is 0. The quantitative estimate of drug-likeness (QED) is 0.721. The molecular formula is C16H12N4O2. The number of rotatable bonds is 2. The summed E-state index contributed by atoms with van der Waals surface area (Å²) in [5, 5.41) is 9.57. The van der Waals surface area contributed by atoms with E-state index < -0.39 is 5.69 Å². The van der Waals surface area contributed by atoms with Crippen molar-refractivity contribution in [2.45, 2.75) is 6.92 Å². The molecule has 3 aromatic rings. The molecule has 0 saturated heterocycles. The Morgan fingerprint density at radius 3 is 2.82 bits per heavy atom. The normalized spacial score (nSPS) is 10.4. The van der Waals surface area contributed by atoms with Gasteiger partial charge in [-0.15, -0.1) is 0 Å². The highest BCUT2D eigenvalue weighted by Gasteiger charge is 2.14. The van der Waals surface area contributed by atoms with E-state index in [0.717, 1.165) is 5.56 Å². The minimum absolute atomic E-state index is 0.413. The van der Waals surface area contributed by atoms with Crippen molar-refractivity contribution < 1.29 is 4.74 Å². The van der Waals surface area contributed by atoms with Gasteiger partial charge in [0.15, 0.2) is 0 Å². The molecule has 6 heteroatoms. The molecule has 0 aliphatic rings. The molecule has 6 nitrogen and oxygen atoms in total. The van der Waals surface area contributed by atoms with Gasteiger partial charge in [-0.2, -0.15) is 5.26 Å². The fourth-order valence-corrected chi connectivity index (χ4v) is 2.39. The van der Waals surface area contributed by atoms with Crippen molar-refractivity contribution in [3.05, 3.63) is 58.3 Å². The first-order chi connectivity index (χ1) is 10.7. The van der Waals surface area contributed by atoms with Gasteiger partial charge in [0.05, 0.1) is 18.4 Å². The van der Waals surface area contributed by atoms with Crippen molar-refractivity contribution in [1.29, 1.82) is 5.26 Å². The molecule has 0 radical (unpaired) electrons. The Hall–Kier alpha value is -3.20. The number of aromatic nitrogens is 3. The molecule has 0 fully saturated rings. The second-order valence-electron chi connectivity index (χ2n) is 4.75. The maximum Gasteiger partial charge on any atom is 0.353 e. The smallest absolute Gasteiger partial charge is 0.353 e. The van der Waals surface area contributed by atoms with Crippen LogP contribution in [0.3, 0.4) is 0 Å². The van der Waals surface area contributed by atoms with Crippen molar-refractivity contribution in [3.8, 4) is 17.5 Å². The maximum atomic E-state index is 12.3. The number of nitrogens with zero attached hydrogens (tertiary/aromatic N) is 4. The number of nitriles is 1. The molecule has 0 bridgehead atoms. The highest BCUT2D eigenvalue weighted by Crippen LogP contribution is 2.27. The molecular weight excluding hydrogens is 280 g/mol. The average Bonchev–Trinajstić information content (AvgIpc) is 2.54. The Balaban J connectivity index is 2.41. The molecule has 0 N–H and O–H groups in total. The monoisotopic (exact) mass is 292 g/mol. The molecule has 22 heavy (non-hydrogen) atoms. The molecule has 3 rings (SSSR count). The highest BCUT2D eigenvalue weighted by molar-refractivity contribution is 5.77. The lowest BCUT2D eigenvalue weighted by Crippen LogP contribution is -2.22. The minimum Gasteiger partial charge on any atom is -0.494 e. The lowest BCUT2D eigenvalue weighted by Gasteiger charge is -2.14. The van der Waals surface area contributed by atoms with Crippen molar-refractivity contribution in [2.75, 3.05) is 7.11 Å². The van der Waals surface area contributed by atoms with E-state index in [4.69, 9.17) is 10.00 Å². The second-order valence-corrected chi connectivity index (χ2v) is 4.75. The molecule has 2 aromatic heterocycles. The zero-order valence-corrected chi connectivity index (χ0v) is 12.1. The number of para-hydroxylation sites is 1. The van der Waals surface area contributed by atoms with Crippen molar-refractivity contribution in [2.24, 2.45) is 0 Å². The maximum absolute atomic E-state index is 12.3. The van der Waals surface area contributed by atoms with Gasteiger partial charge in [0, 0.05) is 17.8 Å². The Bertz CT molecular complexity index is 970. The summed E-state index contributed by atoms with van der Waals surface area (Å²) in [4.78, 5) is 20.4. The van der Waals surface area contributed by atoms with Crippen LogP contribution in [0.5, 0.6) is 5.75 Å². The van der Waals surface area contributed by atoms with E-state index in [1.54, 1.807) is 19.2 Å². The highest BCUT2D eigenvalue weighted by atomic mass is 16.5. The Kier molecular flexibility index (Phi) is 3.31. The standard InChI is InChI=1S/C16H12N4O2/c1-10-4-3-5-13(14(10)22-2)20-15-12(9-19-16(20)21)6-11(7-17)8-18-15/h3-6,8-9H,1-2H3. The van der Waals surface area contributed by atoms with Crippen molar-refractivity contribution >= 4 is 11.0 Å². The summed E-state index contributed by atoms with van der Waals surface area (Å²) < 4.78 is 6.80. The zero-order valence-electron chi connectivity index (χ0n) is 12.1. The number of methoxy groups -OCH3 is 1. The Labute approximate surface area is 126 Å². The molecule has 0 atom stereocenters. The third kappa shape index (κ3) is 2.09. The van der Waals surface area contributed by atoms with Gasteiger partial charge in [0.1, 0.15) is 17.5 Å². The number of fused-ring (bicyclic) bond motifs is 1. The average molecular weight is 292 g/mol. The number of aryl methyl sites for hydroxylation is 1. The van der Waals surface area contributed by atoms with E-state index in [-0.39, 0.29) is 0 Å². The van der Waals surface area contributed by atoms with Crippen molar-refractivity contribution in [1.82, 2.24) is 14.5 Å². The fourth-order valence-electron chi connectivity index (χ4n) is 2.39. The summed E-state index contributed by atoms with van der Waals surface area (Å²) >= 11 is 0. The van der Waals surface area contributed by atoms with Gasteiger partial charge in [-0.05, 0) is 24.6 Å². The molecule has 0 spiro atoms. The van der Waals surface area contributed by atoms with E-state index in [9.17, 15) is 4.79 Å². The first-order valence-corrected chi connectivity index (χ1v) is 6.57. The van der Waals surface area contributed by atoms with Crippen molar-refractivity contribution in [3.63, 3.8) is 0 Å². The van der Waals surface area contributed by atoms with Crippen LogP contribution >= 0.6 is 0 Å². The van der Waals surface area contributed by atoms with E-state index in [2.05, 4.69) is 9.97 Å². The largest absolute Gasteiger partial charge is 0.494 e. The first kappa shape index (κ1) is 13.8. The molecule has 0 aliphatic carbocycles. The summed E-state index contributed by atoms with van der Waals surface area (Å²) in [6, 6.07) is 9.17. The van der Waals surface area contributed by atoms with Crippen LogP contribution in [0.25, 0.3) is 16.7 Å². The molecule has 0 aliphatic heterocycles. The summed E-state index contributed by atoms with van der Waals surface area (Å²) in [6.45, 7) is 1.90. The summed E-state index contributed by atoms with van der Waals surface area (Å²) in [5.74, 6) is 0.588. The summed E-state index contributed by atoms with van der Waals surface area (Å²) in [7, 11) is 1.55. The van der Waals surface area contributed by atoms with E-state index in [1.165, 1.54) is 17.0 Å². The van der Waals surface area contributed by atoms with Gasteiger partial charge in [0.25, 0.3) is 0 Å². The molecule has 0 amide bonds. The number of hydrogen-bond acceptors (Lipinski definition) is 5. The van der Waals surface area contributed by atoms with Gasteiger partial charge >= 0.3 is 5.69 Å². The van der Waals surface area contributed by atoms with Crippen LogP contribution in [0.2, 0.25) is 0 Å². The van der Waals surface area contributed by atoms with Crippen LogP contribution in [0.15, 0.2) is 41.5 Å². The van der Waals surface area contributed by atoms with E-state index in [0.29, 0.717) is 28.0 Å². The van der Waals surface area contributed by atoms with Crippen LogP contribution in [0, 0.1) is 18.3 Å². The van der Waals surface area contributed by atoms with E-state index in [1.807, 2.05) is 25.1 Å². The summed E-state index contributed by atoms with van der Waals surface area (Å²) in [5.41, 5.74) is 1.87. The van der Waals surface area contributed by atoms with Crippen LogP contribution in [0.4, 0.5) is 0 Å². The number of pyridine rings is 1. The topological polar surface area (TPSA) is 80.8 Å². The Morgan fingerprint density at radius 2 is 2.09 bits per heavy atom. The van der Waals surface area contributed by atoms with Crippen LogP contribution in [-0.4, -0.2) is 21.6 Å². The molecule has 1 aromatic carbocycles. The van der Waals surface area contributed by atoms with Crippen LogP contribution < -0.4 is 10.4 Å². The molecule has 0 unspecified atom stereocenters. The predicted molar refractivity (Wildman–Crippen MR) is 81.1 cm³/mol. The minimum atomic E-state index is -0.450. The third-order valence-electron chi connectivity index (χ3n) is 3.38. The first-order valence-electron chi connectivity index (χ1n) is 6.57. The van der Waals surface area contributed by atoms with E-state index >= 15 is 0 Å².